The lowest BCUT2D eigenvalue weighted by molar-refractivity contribution is -0.623. The predicted molar refractivity (Wildman–Crippen MR) is 76.2 cm³/mol. The molecule has 0 spiro atoms. The van der Waals surface area contributed by atoms with Crippen molar-refractivity contribution in [2.24, 2.45) is 0 Å². The number of hydrogen-bond donors (Lipinski definition) is 0. The fourth-order valence-electron chi connectivity index (χ4n) is 3.78. The molecule has 18 heavy (non-hydrogen) atoms. The van der Waals surface area contributed by atoms with E-state index in [1.807, 2.05) is 0 Å². The van der Waals surface area contributed by atoms with Gasteiger partial charge >= 0.3 is 0 Å². The molecule has 1 saturated carbocycles. The first-order valence-corrected chi connectivity index (χ1v) is 7.57. The molecule has 96 valence electrons. The molecule has 1 aromatic carbocycles. The third-order valence-corrected chi connectivity index (χ3v) is 4.74. The maximum absolute atomic E-state index is 2.69. The SMILES string of the molecule is C1=[N+](C2(c3ccccc3)CCCCC2)CCCC1. The van der Waals surface area contributed by atoms with E-state index < -0.39 is 0 Å². The summed E-state index contributed by atoms with van der Waals surface area (Å²) < 4.78 is 2.69. The summed E-state index contributed by atoms with van der Waals surface area (Å²) in [6.07, 6.45) is 13.4. The number of benzene rings is 1. The molecule has 0 unspecified atom stereocenters. The Balaban J connectivity index is 2.00. The van der Waals surface area contributed by atoms with Crippen LogP contribution in [0.2, 0.25) is 0 Å². The average Bonchev–Trinajstić information content (AvgIpc) is 2.50. The van der Waals surface area contributed by atoms with E-state index in [0.717, 1.165) is 0 Å². The van der Waals surface area contributed by atoms with E-state index in [1.165, 1.54) is 57.9 Å². The molecule has 0 atom stereocenters. The van der Waals surface area contributed by atoms with Crippen molar-refractivity contribution in [3.8, 4) is 0 Å². The fourth-order valence-corrected chi connectivity index (χ4v) is 3.78. The van der Waals surface area contributed by atoms with Gasteiger partial charge in [-0.25, -0.2) is 4.58 Å². The highest BCUT2D eigenvalue weighted by molar-refractivity contribution is 5.52. The Morgan fingerprint density at radius 2 is 1.61 bits per heavy atom. The number of nitrogens with zero attached hydrogens (tertiary/aromatic N) is 1. The van der Waals surface area contributed by atoms with Crippen LogP contribution in [0.25, 0.3) is 0 Å². The Hall–Kier alpha value is -1.11. The van der Waals surface area contributed by atoms with Gasteiger partial charge in [0.2, 0.25) is 0 Å². The summed E-state index contributed by atoms with van der Waals surface area (Å²) in [5.41, 5.74) is 1.86. The van der Waals surface area contributed by atoms with E-state index in [1.54, 1.807) is 5.56 Å². The van der Waals surface area contributed by atoms with Crippen molar-refractivity contribution >= 4 is 6.21 Å². The van der Waals surface area contributed by atoms with Crippen LogP contribution in [0.4, 0.5) is 0 Å². The van der Waals surface area contributed by atoms with Gasteiger partial charge in [-0.2, -0.15) is 0 Å². The Morgan fingerprint density at radius 1 is 0.833 bits per heavy atom. The lowest BCUT2D eigenvalue weighted by atomic mass is 9.75. The summed E-state index contributed by atoms with van der Waals surface area (Å²) in [5.74, 6) is 0. The lowest BCUT2D eigenvalue weighted by Crippen LogP contribution is -2.43. The van der Waals surface area contributed by atoms with Crippen LogP contribution in [0, 0.1) is 0 Å². The van der Waals surface area contributed by atoms with Gasteiger partial charge < -0.3 is 0 Å². The molecule has 1 aliphatic carbocycles. The van der Waals surface area contributed by atoms with Crippen LogP contribution < -0.4 is 0 Å². The van der Waals surface area contributed by atoms with Gasteiger partial charge in [-0.1, -0.05) is 36.8 Å². The topological polar surface area (TPSA) is 3.01 Å². The Labute approximate surface area is 111 Å². The van der Waals surface area contributed by atoms with Crippen LogP contribution >= 0.6 is 0 Å². The standard InChI is InChI=1S/C17H24N/c1-4-10-16(11-5-1)17(12-6-2-7-13-17)18-14-8-3-9-15-18/h1,4-5,10-11,14H,2-3,6-9,12-13,15H2/q+1. The summed E-state index contributed by atoms with van der Waals surface area (Å²) in [7, 11) is 0. The summed E-state index contributed by atoms with van der Waals surface area (Å²) in [4.78, 5) is 0. The Kier molecular flexibility index (Phi) is 3.49. The molecule has 1 nitrogen and oxygen atoms in total. The van der Waals surface area contributed by atoms with E-state index in [0.29, 0.717) is 5.54 Å². The van der Waals surface area contributed by atoms with Gasteiger partial charge in [-0.05, 0) is 19.3 Å². The zero-order valence-corrected chi connectivity index (χ0v) is 11.3. The molecular weight excluding hydrogens is 218 g/mol. The molecule has 1 aliphatic heterocycles. The summed E-state index contributed by atoms with van der Waals surface area (Å²) in [6, 6.07) is 11.2. The molecule has 0 saturated heterocycles. The van der Waals surface area contributed by atoms with Gasteiger partial charge in [-0.15, -0.1) is 0 Å². The Bertz CT molecular complexity index is 412. The van der Waals surface area contributed by atoms with Crippen molar-refractivity contribution in [1.29, 1.82) is 0 Å². The van der Waals surface area contributed by atoms with Crippen molar-refractivity contribution < 1.29 is 4.58 Å². The molecule has 0 aromatic heterocycles. The molecule has 1 heterocycles. The normalized spacial score (nSPS) is 23.4. The first-order valence-electron chi connectivity index (χ1n) is 7.57. The molecular formula is C17H24N+. The first kappa shape index (κ1) is 12.0. The smallest absolute Gasteiger partial charge is 0.187 e. The minimum absolute atomic E-state index is 0.319. The van der Waals surface area contributed by atoms with Gasteiger partial charge in [0.1, 0.15) is 12.8 Å². The zero-order chi connectivity index (χ0) is 12.3. The monoisotopic (exact) mass is 242 g/mol. The lowest BCUT2D eigenvalue weighted by Gasteiger charge is -2.36. The van der Waals surface area contributed by atoms with Gasteiger partial charge in [0.25, 0.3) is 0 Å². The second-order valence-electron chi connectivity index (χ2n) is 5.83. The second kappa shape index (κ2) is 5.26. The largest absolute Gasteiger partial charge is 0.230 e. The van der Waals surface area contributed by atoms with Crippen molar-refractivity contribution in [1.82, 2.24) is 0 Å². The van der Waals surface area contributed by atoms with E-state index in [4.69, 9.17) is 0 Å². The van der Waals surface area contributed by atoms with Crippen molar-refractivity contribution in [3.05, 3.63) is 35.9 Å². The molecule has 0 N–H and O–H groups in total. The maximum atomic E-state index is 2.69. The summed E-state index contributed by atoms with van der Waals surface area (Å²) >= 11 is 0. The van der Waals surface area contributed by atoms with Crippen LogP contribution in [0.1, 0.15) is 56.9 Å². The van der Waals surface area contributed by atoms with Crippen molar-refractivity contribution in [2.45, 2.75) is 56.9 Å². The van der Waals surface area contributed by atoms with Gasteiger partial charge in [0, 0.05) is 31.2 Å². The molecule has 0 radical (unpaired) electrons. The zero-order valence-electron chi connectivity index (χ0n) is 11.3. The van der Waals surface area contributed by atoms with Gasteiger partial charge in [-0.3, -0.25) is 0 Å². The molecule has 1 aromatic rings. The maximum Gasteiger partial charge on any atom is 0.187 e. The van der Waals surface area contributed by atoms with Gasteiger partial charge in [0.05, 0.1) is 0 Å². The van der Waals surface area contributed by atoms with E-state index in [9.17, 15) is 0 Å². The molecule has 1 heteroatoms. The van der Waals surface area contributed by atoms with Crippen LogP contribution in [0.15, 0.2) is 30.3 Å². The van der Waals surface area contributed by atoms with Crippen molar-refractivity contribution in [3.63, 3.8) is 0 Å². The highest BCUT2D eigenvalue weighted by Gasteiger charge is 2.43. The molecule has 3 rings (SSSR count). The highest BCUT2D eigenvalue weighted by Crippen LogP contribution is 2.40. The highest BCUT2D eigenvalue weighted by atomic mass is 15.1. The van der Waals surface area contributed by atoms with E-state index in [-0.39, 0.29) is 0 Å². The fraction of sp³-hybridized carbons (Fsp3) is 0.588. The first-order chi connectivity index (χ1) is 8.92. The quantitative estimate of drug-likeness (QED) is 0.686. The molecule has 2 aliphatic rings. The van der Waals surface area contributed by atoms with Crippen molar-refractivity contribution in [2.75, 3.05) is 6.54 Å². The third kappa shape index (κ3) is 2.11. The summed E-state index contributed by atoms with van der Waals surface area (Å²) in [6.45, 7) is 1.26. The van der Waals surface area contributed by atoms with Gasteiger partial charge in [0.15, 0.2) is 5.54 Å². The molecule has 0 amide bonds. The van der Waals surface area contributed by atoms with E-state index in [2.05, 4.69) is 41.1 Å². The molecule has 1 fully saturated rings. The summed E-state index contributed by atoms with van der Waals surface area (Å²) in [5, 5.41) is 0. The minimum Gasteiger partial charge on any atom is -0.230 e. The Morgan fingerprint density at radius 3 is 2.28 bits per heavy atom. The van der Waals surface area contributed by atoms with Crippen LogP contribution in [-0.4, -0.2) is 17.3 Å². The molecule has 0 bridgehead atoms. The number of hydrogen-bond acceptors (Lipinski definition) is 0. The third-order valence-electron chi connectivity index (χ3n) is 4.74. The van der Waals surface area contributed by atoms with Crippen LogP contribution in [-0.2, 0) is 5.54 Å². The predicted octanol–water partition coefficient (Wildman–Crippen LogP) is 4.11. The number of rotatable bonds is 2. The van der Waals surface area contributed by atoms with Crippen LogP contribution in [0.5, 0.6) is 0 Å². The average molecular weight is 242 g/mol. The minimum atomic E-state index is 0.319. The second-order valence-corrected chi connectivity index (χ2v) is 5.83. The van der Waals surface area contributed by atoms with Crippen LogP contribution in [0.3, 0.4) is 0 Å². The van der Waals surface area contributed by atoms with E-state index >= 15 is 0 Å².